The summed E-state index contributed by atoms with van der Waals surface area (Å²) in [5.74, 6) is 0.785. The van der Waals surface area contributed by atoms with E-state index in [2.05, 4.69) is 9.97 Å². The van der Waals surface area contributed by atoms with E-state index in [4.69, 9.17) is 5.73 Å². The van der Waals surface area contributed by atoms with Crippen LogP contribution in [-0.4, -0.2) is 14.5 Å². The normalized spacial score (nSPS) is 12.7. The molecule has 0 saturated heterocycles. The van der Waals surface area contributed by atoms with Crippen molar-refractivity contribution < 1.29 is 0 Å². The molecule has 3 aromatic rings. The number of nitrogens with two attached hydrogens (primary N) is 1. The van der Waals surface area contributed by atoms with Gasteiger partial charge in [-0.3, -0.25) is 14.3 Å². The second kappa shape index (κ2) is 6.30. The van der Waals surface area contributed by atoms with E-state index in [1.807, 2.05) is 44.2 Å². The number of fused-ring (bicyclic) bond motifs is 1. The highest BCUT2D eigenvalue weighted by Crippen LogP contribution is 2.19. The van der Waals surface area contributed by atoms with Gasteiger partial charge in [-0.05, 0) is 17.5 Å². The maximum Gasteiger partial charge on any atom is 0.261 e. The average molecular weight is 308 g/mol. The van der Waals surface area contributed by atoms with Gasteiger partial charge in [-0.25, -0.2) is 4.98 Å². The molecule has 3 rings (SSSR count). The third-order valence-electron chi connectivity index (χ3n) is 3.99. The Morgan fingerprint density at radius 2 is 1.91 bits per heavy atom. The molecule has 0 aliphatic carbocycles. The quantitative estimate of drug-likeness (QED) is 0.803. The van der Waals surface area contributed by atoms with Crippen LogP contribution in [0.5, 0.6) is 0 Å². The predicted molar refractivity (Wildman–Crippen MR) is 91.1 cm³/mol. The maximum absolute atomic E-state index is 12.9. The predicted octanol–water partition coefficient (Wildman–Crippen LogP) is 2.50. The molecule has 0 radical (unpaired) electrons. The largest absolute Gasteiger partial charge is 0.321 e. The summed E-state index contributed by atoms with van der Waals surface area (Å²) in [6, 6.07) is 11.3. The van der Waals surface area contributed by atoms with Crippen molar-refractivity contribution in [2.75, 3.05) is 0 Å². The molecule has 2 N–H and O–H groups in total. The first-order valence-corrected chi connectivity index (χ1v) is 7.72. The summed E-state index contributed by atoms with van der Waals surface area (Å²) >= 11 is 0. The zero-order valence-corrected chi connectivity index (χ0v) is 13.3. The monoisotopic (exact) mass is 308 g/mol. The van der Waals surface area contributed by atoms with Crippen LogP contribution in [0.4, 0.5) is 0 Å². The van der Waals surface area contributed by atoms with Gasteiger partial charge in [-0.1, -0.05) is 44.2 Å². The van der Waals surface area contributed by atoms with Crippen LogP contribution in [0.15, 0.2) is 53.6 Å². The van der Waals surface area contributed by atoms with E-state index >= 15 is 0 Å². The summed E-state index contributed by atoms with van der Waals surface area (Å²) in [6.45, 7) is 4.51. The Labute approximate surface area is 134 Å². The Kier molecular flexibility index (Phi) is 4.21. The molecule has 2 aromatic heterocycles. The zero-order chi connectivity index (χ0) is 16.4. The van der Waals surface area contributed by atoms with E-state index in [1.54, 1.807) is 23.0 Å². The number of hydrogen-bond acceptors (Lipinski definition) is 4. The Balaban J connectivity index is 2.22. The lowest BCUT2D eigenvalue weighted by Gasteiger charge is -2.21. The van der Waals surface area contributed by atoms with Gasteiger partial charge in [0.1, 0.15) is 5.82 Å². The Hall–Kier alpha value is -2.53. The summed E-state index contributed by atoms with van der Waals surface area (Å²) in [5, 5.41) is 0.565. The molecule has 1 atom stereocenters. The van der Waals surface area contributed by atoms with Crippen LogP contribution in [0.3, 0.4) is 0 Å². The van der Waals surface area contributed by atoms with Gasteiger partial charge in [-0.15, -0.1) is 0 Å². The highest BCUT2D eigenvalue weighted by molar-refractivity contribution is 5.76. The number of hydrogen-bond donors (Lipinski definition) is 1. The minimum atomic E-state index is -0.309. The van der Waals surface area contributed by atoms with Gasteiger partial charge in [0.05, 0.1) is 29.7 Å². The number of nitrogens with zero attached hydrogens (tertiary/aromatic N) is 3. The van der Waals surface area contributed by atoms with E-state index in [0.717, 1.165) is 5.56 Å². The molecule has 0 amide bonds. The molecule has 1 unspecified atom stereocenters. The van der Waals surface area contributed by atoms with E-state index in [9.17, 15) is 4.79 Å². The highest BCUT2D eigenvalue weighted by atomic mass is 16.1. The van der Waals surface area contributed by atoms with Crippen molar-refractivity contribution in [3.05, 3.63) is 70.5 Å². The summed E-state index contributed by atoms with van der Waals surface area (Å²) < 4.78 is 1.68. The second-order valence-electron chi connectivity index (χ2n) is 6.01. The van der Waals surface area contributed by atoms with Gasteiger partial charge in [0.25, 0.3) is 5.56 Å². The molecule has 118 valence electrons. The van der Waals surface area contributed by atoms with Crippen LogP contribution in [0.1, 0.15) is 31.3 Å². The van der Waals surface area contributed by atoms with Crippen molar-refractivity contribution in [2.45, 2.75) is 26.4 Å². The van der Waals surface area contributed by atoms with Gasteiger partial charge in [0, 0.05) is 6.20 Å². The Bertz CT molecular complexity index is 871. The SMILES string of the molecule is CC(C)C(N)c1nc2cnccc2c(=O)n1Cc1ccccc1. The molecule has 2 heterocycles. The minimum absolute atomic E-state index is 0.0765. The Morgan fingerprint density at radius 1 is 1.17 bits per heavy atom. The number of rotatable bonds is 4. The summed E-state index contributed by atoms with van der Waals surface area (Å²) in [6.07, 6.45) is 3.22. The first kappa shape index (κ1) is 15.4. The van der Waals surface area contributed by atoms with E-state index in [1.165, 1.54) is 0 Å². The lowest BCUT2D eigenvalue weighted by molar-refractivity contribution is 0.463. The number of aromatic nitrogens is 3. The minimum Gasteiger partial charge on any atom is -0.321 e. The number of pyridine rings is 1. The molecular weight excluding hydrogens is 288 g/mol. The molecule has 0 bridgehead atoms. The fourth-order valence-corrected chi connectivity index (χ4v) is 2.56. The zero-order valence-electron chi connectivity index (χ0n) is 13.3. The summed E-state index contributed by atoms with van der Waals surface area (Å²) in [4.78, 5) is 21.6. The third-order valence-corrected chi connectivity index (χ3v) is 3.99. The van der Waals surface area contributed by atoms with Crippen molar-refractivity contribution in [2.24, 2.45) is 11.7 Å². The molecule has 0 aliphatic rings. The first-order chi connectivity index (χ1) is 11.1. The molecule has 0 aliphatic heterocycles. The molecular formula is C18H20N4O. The van der Waals surface area contributed by atoms with Gasteiger partial charge < -0.3 is 5.73 Å². The number of benzene rings is 1. The van der Waals surface area contributed by atoms with Crippen LogP contribution < -0.4 is 11.3 Å². The standard InChI is InChI=1S/C18H20N4O/c1-12(2)16(19)17-21-15-10-20-9-8-14(15)18(23)22(17)11-13-6-4-3-5-7-13/h3-10,12,16H,11,19H2,1-2H3. The second-order valence-corrected chi connectivity index (χ2v) is 6.01. The van der Waals surface area contributed by atoms with Gasteiger partial charge in [0.15, 0.2) is 0 Å². The van der Waals surface area contributed by atoms with Crippen LogP contribution >= 0.6 is 0 Å². The fraction of sp³-hybridized carbons (Fsp3) is 0.278. The van der Waals surface area contributed by atoms with Crippen LogP contribution in [0.2, 0.25) is 0 Å². The topological polar surface area (TPSA) is 73.8 Å². The van der Waals surface area contributed by atoms with Gasteiger partial charge in [0.2, 0.25) is 0 Å². The van der Waals surface area contributed by atoms with Gasteiger partial charge >= 0.3 is 0 Å². The van der Waals surface area contributed by atoms with Crippen LogP contribution in [0.25, 0.3) is 10.9 Å². The summed E-state index contributed by atoms with van der Waals surface area (Å²) in [7, 11) is 0. The van der Waals surface area contributed by atoms with Crippen molar-refractivity contribution in [1.29, 1.82) is 0 Å². The smallest absolute Gasteiger partial charge is 0.261 e. The van der Waals surface area contributed by atoms with Crippen molar-refractivity contribution >= 4 is 10.9 Å². The van der Waals surface area contributed by atoms with Crippen molar-refractivity contribution in [3.63, 3.8) is 0 Å². The van der Waals surface area contributed by atoms with Crippen molar-refractivity contribution in [1.82, 2.24) is 14.5 Å². The van der Waals surface area contributed by atoms with Gasteiger partial charge in [-0.2, -0.15) is 0 Å². The molecule has 0 fully saturated rings. The molecule has 1 aromatic carbocycles. The van der Waals surface area contributed by atoms with E-state index in [0.29, 0.717) is 23.3 Å². The molecule has 23 heavy (non-hydrogen) atoms. The summed E-state index contributed by atoms with van der Waals surface area (Å²) in [5.41, 5.74) is 7.87. The lowest BCUT2D eigenvalue weighted by atomic mass is 10.0. The molecule has 0 saturated carbocycles. The Morgan fingerprint density at radius 3 is 2.61 bits per heavy atom. The maximum atomic E-state index is 12.9. The van der Waals surface area contributed by atoms with Crippen LogP contribution in [-0.2, 0) is 6.54 Å². The molecule has 5 nitrogen and oxygen atoms in total. The lowest BCUT2D eigenvalue weighted by Crippen LogP contribution is -2.32. The van der Waals surface area contributed by atoms with Crippen LogP contribution in [0, 0.1) is 5.92 Å². The third kappa shape index (κ3) is 3.00. The van der Waals surface area contributed by atoms with Crippen molar-refractivity contribution in [3.8, 4) is 0 Å². The highest BCUT2D eigenvalue weighted by Gasteiger charge is 2.19. The first-order valence-electron chi connectivity index (χ1n) is 7.72. The molecule has 0 spiro atoms. The average Bonchev–Trinajstić information content (AvgIpc) is 2.57. The van der Waals surface area contributed by atoms with E-state index < -0.39 is 0 Å². The van der Waals surface area contributed by atoms with E-state index in [-0.39, 0.29) is 17.5 Å². The molecule has 5 heteroatoms. The fourth-order valence-electron chi connectivity index (χ4n) is 2.56.